The number of nitrogens with zero attached hydrogens (tertiary/aromatic N) is 1. The first-order chi connectivity index (χ1) is 4.20. The molecule has 0 N–H and O–H groups in total. The monoisotopic (exact) mass is 125 g/mol. The molecule has 0 radical (unpaired) electrons. The van der Waals surface area contributed by atoms with Gasteiger partial charge in [0, 0.05) is 6.54 Å². The van der Waals surface area contributed by atoms with Crippen molar-refractivity contribution >= 4 is 5.78 Å². The van der Waals surface area contributed by atoms with Crippen molar-refractivity contribution in [2.75, 3.05) is 20.1 Å². The Kier molecular flexibility index (Phi) is 1.67. The second-order valence-corrected chi connectivity index (χ2v) is 2.51. The van der Waals surface area contributed by atoms with Gasteiger partial charge in [-0.15, -0.1) is 0 Å². The predicted octanol–water partition coefficient (Wildman–Crippen LogP) is 0.447. The maximum atomic E-state index is 10.9. The second-order valence-electron chi connectivity index (χ2n) is 2.51. The van der Waals surface area contributed by atoms with E-state index in [0.717, 1.165) is 18.5 Å². The predicted molar refractivity (Wildman–Crippen MR) is 36.3 cm³/mol. The van der Waals surface area contributed by atoms with Crippen LogP contribution in [0.3, 0.4) is 0 Å². The van der Waals surface area contributed by atoms with Crippen molar-refractivity contribution in [1.29, 1.82) is 0 Å². The molecule has 1 saturated heterocycles. The first-order valence-corrected chi connectivity index (χ1v) is 3.09. The van der Waals surface area contributed by atoms with Gasteiger partial charge in [-0.3, -0.25) is 9.69 Å². The molecule has 1 aliphatic rings. The number of piperidine rings is 1. The van der Waals surface area contributed by atoms with E-state index >= 15 is 0 Å². The molecule has 0 bridgehead atoms. The Balaban J connectivity index is 2.54. The maximum absolute atomic E-state index is 10.9. The molecule has 9 heavy (non-hydrogen) atoms. The van der Waals surface area contributed by atoms with Gasteiger partial charge in [0.1, 0.15) is 0 Å². The van der Waals surface area contributed by atoms with Crippen LogP contribution in [0.15, 0.2) is 12.2 Å². The van der Waals surface area contributed by atoms with Gasteiger partial charge in [-0.2, -0.15) is 0 Å². The third-order valence-electron chi connectivity index (χ3n) is 1.60. The number of Topliss-reactive ketones (excluding diaryl/α,β-unsaturated/α-hetero) is 1. The summed E-state index contributed by atoms with van der Waals surface area (Å²) in [6.45, 7) is 5.18. The second kappa shape index (κ2) is 2.31. The van der Waals surface area contributed by atoms with E-state index in [2.05, 4.69) is 6.58 Å². The van der Waals surface area contributed by atoms with E-state index in [9.17, 15) is 4.79 Å². The summed E-state index contributed by atoms with van der Waals surface area (Å²) in [6, 6.07) is 0. The van der Waals surface area contributed by atoms with Crippen molar-refractivity contribution in [2.45, 2.75) is 6.42 Å². The van der Waals surface area contributed by atoms with E-state index in [0.29, 0.717) is 6.54 Å². The minimum atomic E-state index is 0.198. The van der Waals surface area contributed by atoms with Gasteiger partial charge in [0.25, 0.3) is 0 Å². The number of likely N-dealkylation sites (N-methyl/N-ethyl adjacent to an activating group) is 1. The fourth-order valence-corrected chi connectivity index (χ4v) is 0.901. The van der Waals surface area contributed by atoms with E-state index < -0.39 is 0 Å². The minimum Gasteiger partial charge on any atom is -0.299 e. The van der Waals surface area contributed by atoms with E-state index in [4.69, 9.17) is 0 Å². The van der Waals surface area contributed by atoms with Crippen molar-refractivity contribution in [3.63, 3.8) is 0 Å². The third kappa shape index (κ3) is 1.39. The van der Waals surface area contributed by atoms with E-state index in [1.54, 1.807) is 0 Å². The van der Waals surface area contributed by atoms with Crippen LogP contribution in [0.1, 0.15) is 6.42 Å². The van der Waals surface area contributed by atoms with E-state index in [1.165, 1.54) is 0 Å². The molecule has 0 aromatic rings. The Morgan fingerprint density at radius 2 is 2.33 bits per heavy atom. The fraction of sp³-hybridized carbons (Fsp3) is 0.571. The number of carbonyl (C=O) groups is 1. The smallest absolute Gasteiger partial charge is 0.172 e. The molecule has 1 fully saturated rings. The highest BCUT2D eigenvalue weighted by molar-refractivity contribution is 5.96. The Bertz CT molecular complexity index is 151. The summed E-state index contributed by atoms with van der Waals surface area (Å²) in [4.78, 5) is 12.9. The zero-order valence-corrected chi connectivity index (χ0v) is 5.68. The van der Waals surface area contributed by atoms with Crippen LogP contribution in [0.25, 0.3) is 0 Å². The summed E-state index contributed by atoms with van der Waals surface area (Å²) in [5.41, 5.74) is 0.785. The molecule has 0 aromatic carbocycles. The van der Waals surface area contributed by atoms with Gasteiger partial charge in [-0.05, 0) is 19.0 Å². The first kappa shape index (κ1) is 6.49. The molecule has 1 rings (SSSR count). The van der Waals surface area contributed by atoms with Crippen molar-refractivity contribution in [3.05, 3.63) is 12.2 Å². The van der Waals surface area contributed by atoms with E-state index in [-0.39, 0.29) is 5.78 Å². The van der Waals surface area contributed by atoms with Crippen LogP contribution in [0, 0.1) is 0 Å². The molecule has 0 amide bonds. The molecular formula is C7H11NO. The van der Waals surface area contributed by atoms with Gasteiger partial charge < -0.3 is 0 Å². The topological polar surface area (TPSA) is 20.3 Å². The van der Waals surface area contributed by atoms with Gasteiger partial charge in [-0.25, -0.2) is 0 Å². The maximum Gasteiger partial charge on any atom is 0.172 e. The summed E-state index contributed by atoms with van der Waals surface area (Å²) in [7, 11) is 1.95. The van der Waals surface area contributed by atoms with Gasteiger partial charge in [0.05, 0.1) is 6.54 Å². The van der Waals surface area contributed by atoms with Gasteiger partial charge in [0.15, 0.2) is 5.78 Å². The number of carbonyl (C=O) groups excluding carboxylic acids is 1. The molecular weight excluding hydrogens is 114 g/mol. The van der Waals surface area contributed by atoms with Crippen molar-refractivity contribution in [3.8, 4) is 0 Å². The van der Waals surface area contributed by atoms with Crippen LogP contribution in [-0.4, -0.2) is 30.8 Å². The molecule has 50 valence electrons. The Morgan fingerprint density at radius 3 is 2.78 bits per heavy atom. The molecule has 1 heterocycles. The summed E-state index contributed by atoms with van der Waals surface area (Å²) < 4.78 is 0. The highest BCUT2D eigenvalue weighted by Gasteiger charge is 2.15. The molecule has 0 aromatic heterocycles. The number of likely N-dealkylation sites (tertiary alicyclic amines) is 1. The van der Waals surface area contributed by atoms with Crippen LogP contribution >= 0.6 is 0 Å². The number of hydrogen-bond donors (Lipinski definition) is 0. The summed E-state index contributed by atoms with van der Waals surface area (Å²) in [5.74, 6) is 0.198. The van der Waals surface area contributed by atoms with Crippen molar-refractivity contribution in [2.24, 2.45) is 0 Å². The minimum absolute atomic E-state index is 0.198. The summed E-state index contributed by atoms with van der Waals surface area (Å²) in [6.07, 6.45) is 0.843. The summed E-state index contributed by atoms with van der Waals surface area (Å²) in [5, 5.41) is 0. The standard InChI is InChI=1S/C7H11NO/c1-6-3-4-8(2)5-7(6)9/h1,3-5H2,2H3. The summed E-state index contributed by atoms with van der Waals surface area (Å²) >= 11 is 0. The van der Waals surface area contributed by atoms with Crippen LogP contribution < -0.4 is 0 Å². The van der Waals surface area contributed by atoms with Crippen LogP contribution in [0.5, 0.6) is 0 Å². The Morgan fingerprint density at radius 1 is 1.67 bits per heavy atom. The molecule has 2 heteroatoms. The van der Waals surface area contributed by atoms with Crippen molar-refractivity contribution in [1.82, 2.24) is 4.90 Å². The average Bonchev–Trinajstić information content (AvgIpc) is 1.80. The molecule has 0 spiro atoms. The molecule has 0 saturated carbocycles. The Labute approximate surface area is 55.2 Å². The van der Waals surface area contributed by atoms with Crippen LogP contribution in [0.4, 0.5) is 0 Å². The average molecular weight is 125 g/mol. The van der Waals surface area contributed by atoms with Crippen molar-refractivity contribution < 1.29 is 4.79 Å². The highest BCUT2D eigenvalue weighted by atomic mass is 16.1. The van der Waals surface area contributed by atoms with Gasteiger partial charge in [-0.1, -0.05) is 6.58 Å². The highest BCUT2D eigenvalue weighted by Crippen LogP contribution is 2.07. The number of ketones is 1. The first-order valence-electron chi connectivity index (χ1n) is 3.09. The van der Waals surface area contributed by atoms with E-state index in [1.807, 2.05) is 11.9 Å². The molecule has 1 aliphatic heterocycles. The quantitative estimate of drug-likeness (QED) is 0.438. The SMILES string of the molecule is C=C1CCN(C)CC1=O. The third-order valence-corrected chi connectivity index (χ3v) is 1.60. The lowest BCUT2D eigenvalue weighted by molar-refractivity contribution is -0.117. The van der Waals surface area contributed by atoms with Crippen LogP contribution in [-0.2, 0) is 4.79 Å². The zero-order chi connectivity index (χ0) is 6.85. The zero-order valence-electron chi connectivity index (χ0n) is 5.68. The van der Waals surface area contributed by atoms with Gasteiger partial charge in [0.2, 0.25) is 0 Å². The molecule has 0 aliphatic carbocycles. The number of rotatable bonds is 0. The Hall–Kier alpha value is -0.630. The lowest BCUT2D eigenvalue weighted by atomic mass is 10.1. The normalized spacial score (nSPS) is 22.8. The molecule has 2 nitrogen and oxygen atoms in total. The lowest BCUT2D eigenvalue weighted by Crippen LogP contribution is -2.33. The largest absolute Gasteiger partial charge is 0.299 e. The lowest BCUT2D eigenvalue weighted by Gasteiger charge is -2.21. The molecule has 0 atom stereocenters. The number of hydrogen-bond acceptors (Lipinski definition) is 2. The fourth-order valence-electron chi connectivity index (χ4n) is 0.901. The van der Waals surface area contributed by atoms with Crippen LogP contribution in [0.2, 0.25) is 0 Å². The molecule has 0 unspecified atom stereocenters. The van der Waals surface area contributed by atoms with Gasteiger partial charge >= 0.3 is 0 Å².